The molecule has 0 atom stereocenters. The lowest BCUT2D eigenvalue weighted by atomic mass is 10.2. The highest BCUT2D eigenvalue weighted by molar-refractivity contribution is 6.30. The van der Waals surface area contributed by atoms with Gasteiger partial charge in [-0.2, -0.15) is 0 Å². The van der Waals surface area contributed by atoms with Crippen LogP contribution >= 0.6 is 11.6 Å². The third-order valence-electron chi connectivity index (χ3n) is 4.37. The van der Waals surface area contributed by atoms with Crippen molar-refractivity contribution in [1.82, 2.24) is 19.9 Å². The molecule has 1 N–H and O–H groups in total. The van der Waals surface area contributed by atoms with Gasteiger partial charge < -0.3 is 9.26 Å². The molecular formula is C21H17ClFN5O3. The predicted molar refractivity (Wildman–Crippen MR) is 111 cm³/mol. The van der Waals surface area contributed by atoms with E-state index in [4.69, 9.17) is 20.9 Å². The topological polar surface area (TPSA) is 95.1 Å². The SMILES string of the molecule is Cc1onc(C(=O)Nc2ncn(Cc3cccc(F)c3)n2)c1COc1cccc(Cl)c1. The van der Waals surface area contributed by atoms with E-state index in [2.05, 4.69) is 20.6 Å². The largest absolute Gasteiger partial charge is 0.489 e. The predicted octanol–water partition coefficient (Wildman–Crippen LogP) is 4.25. The van der Waals surface area contributed by atoms with Gasteiger partial charge in [0.1, 0.15) is 30.3 Å². The minimum Gasteiger partial charge on any atom is -0.489 e. The first kappa shape index (κ1) is 20.5. The molecule has 0 unspecified atom stereocenters. The van der Waals surface area contributed by atoms with Crippen LogP contribution in [0.25, 0.3) is 0 Å². The second-order valence-corrected chi connectivity index (χ2v) is 7.10. The molecule has 8 nitrogen and oxygen atoms in total. The smallest absolute Gasteiger partial charge is 0.280 e. The fourth-order valence-electron chi connectivity index (χ4n) is 2.86. The summed E-state index contributed by atoms with van der Waals surface area (Å²) in [6.45, 7) is 2.06. The Morgan fingerprint density at radius 3 is 2.90 bits per heavy atom. The van der Waals surface area contributed by atoms with E-state index in [0.29, 0.717) is 28.6 Å². The van der Waals surface area contributed by atoms with Gasteiger partial charge in [-0.3, -0.25) is 10.1 Å². The fraction of sp³-hybridized carbons (Fsp3) is 0.143. The molecular weight excluding hydrogens is 425 g/mol. The third-order valence-corrected chi connectivity index (χ3v) is 4.61. The van der Waals surface area contributed by atoms with E-state index in [1.807, 2.05) is 0 Å². The van der Waals surface area contributed by atoms with E-state index in [9.17, 15) is 9.18 Å². The molecule has 4 aromatic rings. The number of benzene rings is 2. The second-order valence-electron chi connectivity index (χ2n) is 6.66. The van der Waals surface area contributed by atoms with Crippen molar-refractivity contribution in [2.45, 2.75) is 20.1 Å². The zero-order valence-corrected chi connectivity index (χ0v) is 17.1. The molecule has 2 aromatic carbocycles. The number of hydrogen-bond donors (Lipinski definition) is 1. The molecule has 0 aliphatic carbocycles. The van der Waals surface area contributed by atoms with Crippen molar-refractivity contribution in [1.29, 1.82) is 0 Å². The lowest BCUT2D eigenvalue weighted by molar-refractivity contribution is 0.101. The standard InChI is InChI=1S/C21H17ClFN5O3/c1-13-18(11-30-17-7-3-5-15(22)9-17)19(27-31-13)20(29)25-21-24-12-28(26-21)10-14-4-2-6-16(23)8-14/h2-9,12H,10-11H2,1H3,(H,25,26,29). The maximum absolute atomic E-state index is 13.3. The van der Waals surface area contributed by atoms with Gasteiger partial charge in [0.05, 0.1) is 12.1 Å². The number of anilines is 1. The molecule has 2 heterocycles. The van der Waals surface area contributed by atoms with Crippen molar-refractivity contribution in [3.05, 3.63) is 88.3 Å². The number of nitrogens with zero attached hydrogens (tertiary/aromatic N) is 4. The molecule has 158 valence electrons. The average Bonchev–Trinajstić information content (AvgIpc) is 3.32. The highest BCUT2D eigenvalue weighted by Crippen LogP contribution is 2.21. The molecule has 0 bridgehead atoms. The van der Waals surface area contributed by atoms with Crippen molar-refractivity contribution in [2.75, 3.05) is 5.32 Å². The fourth-order valence-corrected chi connectivity index (χ4v) is 3.04. The van der Waals surface area contributed by atoms with Gasteiger partial charge in [0.2, 0.25) is 5.95 Å². The van der Waals surface area contributed by atoms with E-state index in [0.717, 1.165) is 5.56 Å². The Labute approximate surface area is 181 Å². The highest BCUT2D eigenvalue weighted by Gasteiger charge is 2.21. The summed E-state index contributed by atoms with van der Waals surface area (Å²) < 4.78 is 25.7. The number of hydrogen-bond acceptors (Lipinski definition) is 6. The number of halogens is 2. The van der Waals surface area contributed by atoms with Crippen LogP contribution in [0.3, 0.4) is 0 Å². The summed E-state index contributed by atoms with van der Waals surface area (Å²) in [5, 5.41) is 11.1. The summed E-state index contributed by atoms with van der Waals surface area (Å²) in [6, 6.07) is 13.1. The summed E-state index contributed by atoms with van der Waals surface area (Å²) in [5.41, 5.74) is 1.29. The van der Waals surface area contributed by atoms with Crippen LogP contribution in [0.4, 0.5) is 10.3 Å². The van der Waals surface area contributed by atoms with Crippen molar-refractivity contribution >= 4 is 23.5 Å². The molecule has 0 aliphatic rings. The van der Waals surface area contributed by atoms with Crippen LogP contribution in [0.5, 0.6) is 5.75 Å². The van der Waals surface area contributed by atoms with E-state index in [-0.39, 0.29) is 24.1 Å². The van der Waals surface area contributed by atoms with Gasteiger partial charge in [0, 0.05) is 5.02 Å². The Balaban J connectivity index is 1.43. The van der Waals surface area contributed by atoms with Crippen molar-refractivity contribution in [3.8, 4) is 5.75 Å². The molecule has 0 saturated heterocycles. The third kappa shape index (κ3) is 5.07. The van der Waals surface area contributed by atoms with Crippen molar-refractivity contribution in [2.24, 2.45) is 0 Å². The van der Waals surface area contributed by atoms with Crippen LogP contribution in [-0.2, 0) is 13.2 Å². The van der Waals surface area contributed by atoms with E-state index in [1.165, 1.54) is 23.1 Å². The molecule has 0 spiro atoms. The molecule has 0 fully saturated rings. The Bertz CT molecular complexity index is 1220. The molecule has 0 saturated carbocycles. The van der Waals surface area contributed by atoms with Gasteiger partial charge in [-0.15, -0.1) is 5.10 Å². The van der Waals surface area contributed by atoms with Gasteiger partial charge in [-0.05, 0) is 42.8 Å². The molecule has 0 radical (unpaired) electrons. The first-order valence-corrected chi connectivity index (χ1v) is 9.64. The van der Waals surface area contributed by atoms with Crippen LogP contribution in [0.1, 0.15) is 27.4 Å². The van der Waals surface area contributed by atoms with Gasteiger partial charge in [-0.25, -0.2) is 14.1 Å². The van der Waals surface area contributed by atoms with E-state index >= 15 is 0 Å². The summed E-state index contributed by atoms with van der Waals surface area (Å²) in [6.07, 6.45) is 1.44. The number of carbonyl (C=O) groups excluding carboxylic acids is 1. The minimum absolute atomic E-state index is 0.0693. The van der Waals surface area contributed by atoms with Gasteiger partial charge >= 0.3 is 0 Å². The summed E-state index contributed by atoms with van der Waals surface area (Å²) in [5.74, 6) is 0.225. The molecule has 1 amide bonds. The van der Waals surface area contributed by atoms with Crippen LogP contribution in [0.2, 0.25) is 5.02 Å². The number of carbonyl (C=O) groups is 1. The average molecular weight is 442 g/mol. The number of amides is 1. The van der Waals surface area contributed by atoms with Gasteiger partial charge in [-0.1, -0.05) is 35.0 Å². The lowest BCUT2D eigenvalue weighted by Gasteiger charge is -2.06. The molecule has 10 heteroatoms. The maximum atomic E-state index is 13.3. The Morgan fingerprint density at radius 2 is 2.10 bits per heavy atom. The lowest BCUT2D eigenvalue weighted by Crippen LogP contribution is -2.16. The van der Waals surface area contributed by atoms with Gasteiger partial charge in [0.15, 0.2) is 5.69 Å². The van der Waals surface area contributed by atoms with E-state index < -0.39 is 5.91 Å². The number of nitrogens with one attached hydrogen (secondary N) is 1. The summed E-state index contributed by atoms with van der Waals surface area (Å²) in [4.78, 5) is 16.7. The zero-order valence-electron chi connectivity index (χ0n) is 16.4. The molecule has 0 aliphatic heterocycles. The Morgan fingerprint density at radius 1 is 1.26 bits per heavy atom. The maximum Gasteiger partial charge on any atom is 0.280 e. The molecule has 2 aromatic heterocycles. The van der Waals surface area contributed by atoms with Crippen LogP contribution in [0.15, 0.2) is 59.4 Å². The molecule has 31 heavy (non-hydrogen) atoms. The summed E-state index contributed by atoms with van der Waals surface area (Å²) >= 11 is 5.96. The normalized spacial score (nSPS) is 10.8. The first-order chi connectivity index (χ1) is 15.0. The van der Waals surface area contributed by atoms with Gasteiger partial charge in [0.25, 0.3) is 5.91 Å². The highest BCUT2D eigenvalue weighted by atomic mass is 35.5. The quantitative estimate of drug-likeness (QED) is 0.460. The number of aromatic nitrogens is 4. The van der Waals surface area contributed by atoms with Crippen LogP contribution in [0, 0.1) is 12.7 Å². The number of ether oxygens (including phenoxy) is 1. The van der Waals surface area contributed by atoms with Crippen LogP contribution < -0.4 is 10.1 Å². The zero-order chi connectivity index (χ0) is 21.8. The Kier molecular flexibility index (Phi) is 5.94. The van der Waals surface area contributed by atoms with Crippen LogP contribution in [-0.4, -0.2) is 25.8 Å². The number of rotatable bonds is 7. The monoisotopic (exact) mass is 441 g/mol. The van der Waals surface area contributed by atoms with Crippen molar-refractivity contribution in [3.63, 3.8) is 0 Å². The number of aryl methyl sites for hydroxylation is 1. The van der Waals surface area contributed by atoms with E-state index in [1.54, 1.807) is 43.3 Å². The molecule has 4 rings (SSSR count). The second kappa shape index (κ2) is 8.97. The summed E-state index contributed by atoms with van der Waals surface area (Å²) in [7, 11) is 0. The van der Waals surface area contributed by atoms with Crippen molar-refractivity contribution < 1.29 is 18.4 Å². The Hall–Kier alpha value is -3.72. The first-order valence-electron chi connectivity index (χ1n) is 9.26. The minimum atomic E-state index is -0.537.